The maximum absolute atomic E-state index is 12.8. The van der Waals surface area contributed by atoms with Gasteiger partial charge in [0.25, 0.3) is 0 Å². The fourth-order valence-corrected chi connectivity index (χ4v) is 1.02. The Bertz CT molecular complexity index is 297. The van der Waals surface area contributed by atoms with Gasteiger partial charge in [0, 0.05) is 12.6 Å². The molecule has 1 aromatic rings. The molecule has 0 aliphatic carbocycles. The van der Waals surface area contributed by atoms with E-state index in [0.29, 0.717) is 18.1 Å². The van der Waals surface area contributed by atoms with E-state index in [1.807, 2.05) is 7.05 Å². The van der Waals surface area contributed by atoms with Crippen LogP contribution < -0.4 is 14.8 Å². The van der Waals surface area contributed by atoms with Crippen molar-refractivity contribution in [3.63, 3.8) is 0 Å². The number of nitrogens with one attached hydrogen (secondary N) is 1. The molecule has 0 heterocycles. The van der Waals surface area contributed by atoms with E-state index in [2.05, 4.69) is 5.32 Å². The van der Waals surface area contributed by atoms with Gasteiger partial charge in [-0.2, -0.15) is 0 Å². The van der Waals surface area contributed by atoms with Gasteiger partial charge in [-0.15, -0.1) is 12.4 Å². The van der Waals surface area contributed by atoms with E-state index < -0.39 is 0 Å². The van der Waals surface area contributed by atoms with Gasteiger partial charge >= 0.3 is 0 Å². The molecule has 1 aromatic carbocycles. The maximum Gasteiger partial charge on any atom is 0.163 e. The van der Waals surface area contributed by atoms with Gasteiger partial charge in [-0.05, 0) is 19.2 Å². The summed E-state index contributed by atoms with van der Waals surface area (Å²) in [4.78, 5) is 0. The number of halogens is 2. The lowest BCUT2D eigenvalue weighted by Crippen LogP contribution is -2.16. The summed E-state index contributed by atoms with van der Waals surface area (Å²) in [6.45, 7) is 1.26. The molecule has 1 N–H and O–H groups in total. The van der Waals surface area contributed by atoms with E-state index in [-0.39, 0.29) is 18.2 Å². The zero-order valence-corrected chi connectivity index (χ0v) is 9.57. The number of hydrogen-bond acceptors (Lipinski definition) is 3. The highest BCUT2D eigenvalue weighted by Gasteiger charge is 2.04. The Morgan fingerprint density at radius 2 is 2.07 bits per heavy atom. The van der Waals surface area contributed by atoms with Gasteiger partial charge in [-0.25, -0.2) is 4.39 Å². The first kappa shape index (κ1) is 14.0. The first-order chi connectivity index (χ1) is 6.77. The third-order valence-electron chi connectivity index (χ3n) is 1.74. The number of likely N-dealkylation sites (N-methyl/N-ethyl adjacent to an activating group) is 1. The van der Waals surface area contributed by atoms with Crippen LogP contribution in [0.3, 0.4) is 0 Å². The summed E-state index contributed by atoms with van der Waals surface area (Å²) in [6.07, 6.45) is 0. The number of ether oxygens (including phenoxy) is 2. The molecule has 0 saturated carbocycles. The lowest BCUT2D eigenvalue weighted by Gasteiger charge is -2.09. The number of methoxy groups -OCH3 is 1. The number of hydrogen-bond donors (Lipinski definition) is 1. The topological polar surface area (TPSA) is 30.5 Å². The van der Waals surface area contributed by atoms with E-state index in [1.165, 1.54) is 19.2 Å². The van der Waals surface area contributed by atoms with Gasteiger partial charge in [0.2, 0.25) is 0 Å². The Balaban J connectivity index is 0.00000196. The van der Waals surface area contributed by atoms with Gasteiger partial charge in [0.1, 0.15) is 12.4 Å². The Morgan fingerprint density at radius 1 is 1.33 bits per heavy atom. The molecular weight excluding hydrogens is 221 g/mol. The molecule has 0 radical (unpaired) electrons. The van der Waals surface area contributed by atoms with E-state index in [0.717, 1.165) is 6.54 Å². The second kappa shape index (κ2) is 7.31. The van der Waals surface area contributed by atoms with Crippen LogP contribution in [0, 0.1) is 5.82 Å². The van der Waals surface area contributed by atoms with E-state index in [1.54, 1.807) is 6.07 Å². The van der Waals surface area contributed by atoms with Gasteiger partial charge in [-0.1, -0.05) is 0 Å². The lowest BCUT2D eigenvalue weighted by atomic mass is 10.3. The highest BCUT2D eigenvalue weighted by molar-refractivity contribution is 5.85. The molecular formula is C10H15ClFNO2. The van der Waals surface area contributed by atoms with E-state index in [9.17, 15) is 4.39 Å². The van der Waals surface area contributed by atoms with Crippen LogP contribution in [-0.2, 0) is 0 Å². The highest BCUT2D eigenvalue weighted by atomic mass is 35.5. The van der Waals surface area contributed by atoms with Crippen molar-refractivity contribution in [1.82, 2.24) is 5.32 Å². The van der Waals surface area contributed by atoms with Crippen molar-refractivity contribution >= 4 is 12.4 Å². The van der Waals surface area contributed by atoms with Crippen LogP contribution in [-0.4, -0.2) is 27.3 Å². The summed E-state index contributed by atoms with van der Waals surface area (Å²) in [5, 5.41) is 2.95. The molecule has 0 amide bonds. The van der Waals surface area contributed by atoms with Crippen LogP contribution in [0.4, 0.5) is 4.39 Å². The van der Waals surface area contributed by atoms with Gasteiger partial charge in [0.05, 0.1) is 7.11 Å². The Morgan fingerprint density at radius 3 is 2.67 bits per heavy atom. The van der Waals surface area contributed by atoms with Crippen LogP contribution in [0.25, 0.3) is 0 Å². The van der Waals surface area contributed by atoms with Crippen molar-refractivity contribution in [2.75, 3.05) is 27.3 Å². The van der Waals surface area contributed by atoms with Crippen LogP contribution >= 0.6 is 12.4 Å². The van der Waals surface area contributed by atoms with Gasteiger partial charge in [0.15, 0.2) is 11.5 Å². The second-order valence-corrected chi connectivity index (χ2v) is 2.75. The minimum absolute atomic E-state index is 0. The van der Waals surface area contributed by atoms with E-state index in [4.69, 9.17) is 9.47 Å². The van der Waals surface area contributed by atoms with Gasteiger partial charge in [-0.3, -0.25) is 0 Å². The van der Waals surface area contributed by atoms with Crippen LogP contribution in [0.15, 0.2) is 18.2 Å². The molecule has 86 valence electrons. The number of benzene rings is 1. The molecule has 0 aliphatic rings. The normalized spacial score (nSPS) is 9.27. The molecule has 0 fully saturated rings. The fourth-order valence-electron chi connectivity index (χ4n) is 1.02. The Kier molecular flexibility index (Phi) is 6.83. The zero-order valence-electron chi connectivity index (χ0n) is 8.75. The average Bonchev–Trinajstić information content (AvgIpc) is 2.20. The molecule has 0 bridgehead atoms. The summed E-state index contributed by atoms with van der Waals surface area (Å²) >= 11 is 0. The molecule has 0 spiro atoms. The van der Waals surface area contributed by atoms with Crippen molar-refractivity contribution in [1.29, 1.82) is 0 Å². The smallest absolute Gasteiger partial charge is 0.163 e. The minimum atomic E-state index is -0.331. The predicted octanol–water partition coefficient (Wildman–Crippen LogP) is 1.85. The first-order valence-electron chi connectivity index (χ1n) is 4.39. The predicted molar refractivity (Wildman–Crippen MR) is 59.6 cm³/mol. The molecule has 0 unspecified atom stereocenters. The quantitative estimate of drug-likeness (QED) is 0.791. The summed E-state index contributed by atoms with van der Waals surface area (Å²) < 4.78 is 23.1. The Hall–Kier alpha value is -1.00. The maximum atomic E-state index is 12.8. The molecule has 0 aromatic heterocycles. The highest BCUT2D eigenvalue weighted by Crippen LogP contribution is 2.27. The first-order valence-corrected chi connectivity index (χ1v) is 4.39. The fraction of sp³-hybridized carbons (Fsp3) is 0.400. The van der Waals surface area contributed by atoms with Crippen molar-refractivity contribution in [2.24, 2.45) is 0 Å². The number of rotatable bonds is 5. The molecule has 0 atom stereocenters. The van der Waals surface area contributed by atoms with Crippen LogP contribution in [0.5, 0.6) is 11.5 Å². The molecule has 3 nitrogen and oxygen atoms in total. The van der Waals surface area contributed by atoms with Gasteiger partial charge < -0.3 is 14.8 Å². The summed E-state index contributed by atoms with van der Waals surface area (Å²) in [7, 11) is 3.32. The third kappa shape index (κ3) is 4.36. The summed E-state index contributed by atoms with van der Waals surface area (Å²) in [5.41, 5.74) is 0. The van der Waals surface area contributed by atoms with Crippen LogP contribution in [0.2, 0.25) is 0 Å². The van der Waals surface area contributed by atoms with Crippen LogP contribution in [0.1, 0.15) is 0 Å². The molecule has 1 rings (SSSR count). The van der Waals surface area contributed by atoms with Crippen molar-refractivity contribution in [3.05, 3.63) is 24.0 Å². The third-order valence-corrected chi connectivity index (χ3v) is 1.74. The molecule has 5 heteroatoms. The zero-order chi connectivity index (χ0) is 10.4. The monoisotopic (exact) mass is 235 g/mol. The van der Waals surface area contributed by atoms with Crippen molar-refractivity contribution < 1.29 is 13.9 Å². The molecule has 0 aliphatic heterocycles. The summed E-state index contributed by atoms with van der Waals surface area (Å²) in [5.74, 6) is 0.646. The molecule has 0 saturated heterocycles. The van der Waals surface area contributed by atoms with Crippen molar-refractivity contribution in [2.45, 2.75) is 0 Å². The standard InChI is InChI=1S/C10H14FNO2.ClH/c1-12-5-6-14-9-4-3-8(11)7-10(9)13-2;/h3-4,7,12H,5-6H2,1-2H3;1H. The lowest BCUT2D eigenvalue weighted by molar-refractivity contribution is 0.294. The SMILES string of the molecule is CNCCOc1ccc(F)cc1OC.Cl. The van der Waals surface area contributed by atoms with E-state index >= 15 is 0 Å². The second-order valence-electron chi connectivity index (χ2n) is 2.75. The molecule has 15 heavy (non-hydrogen) atoms. The Labute approximate surface area is 95.0 Å². The summed E-state index contributed by atoms with van der Waals surface area (Å²) in [6, 6.07) is 4.20. The largest absolute Gasteiger partial charge is 0.493 e. The minimum Gasteiger partial charge on any atom is -0.493 e. The average molecular weight is 236 g/mol. The van der Waals surface area contributed by atoms with Crippen molar-refractivity contribution in [3.8, 4) is 11.5 Å².